The minimum Gasteiger partial charge on any atom is -0.490 e. The molecule has 1 atom stereocenters. The molecule has 0 bridgehead atoms. The number of Topliss-reactive ketones (excluding diaryl/α,β-unsaturated/α-hetero) is 1. The first-order valence-corrected chi connectivity index (χ1v) is 11.5. The highest BCUT2D eigenvalue weighted by Crippen LogP contribution is 2.38. The number of hydrogen-bond donors (Lipinski definition) is 0. The van der Waals surface area contributed by atoms with Gasteiger partial charge >= 0.3 is 0 Å². The largest absolute Gasteiger partial charge is 0.490 e. The molecule has 1 fully saturated rings. The predicted molar refractivity (Wildman–Crippen MR) is 118 cm³/mol. The number of hydrogen-bond acceptors (Lipinski definition) is 4. The highest BCUT2D eigenvalue weighted by Gasteiger charge is 2.31. The number of ether oxygens (including phenoxy) is 2. The lowest BCUT2D eigenvalue weighted by atomic mass is 10.0. The van der Waals surface area contributed by atoms with Crippen molar-refractivity contribution < 1.29 is 19.1 Å². The van der Waals surface area contributed by atoms with Crippen LogP contribution in [0, 0.1) is 0 Å². The number of rotatable bonds is 5. The fraction of sp³-hybridized carbons (Fsp3) is 0.462. The lowest BCUT2D eigenvalue weighted by Crippen LogP contribution is -2.30. The Labute approximate surface area is 183 Å². The van der Waals surface area contributed by atoms with Gasteiger partial charge in [0.25, 0.3) is 0 Å². The van der Waals surface area contributed by atoms with Gasteiger partial charge in [0, 0.05) is 31.4 Å². The van der Waals surface area contributed by atoms with Crippen LogP contribution in [0.5, 0.6) is 11.5 Å². The van der Waals surface area contributed by atoms with Crippen molar-refractivity contribution in [1.82, 2.24) is 4.90 Å². The van der Waals surface area contributed by atoms with Gasteiger partial charge in [0.05, 0.1) is 19.3 Å². The van der Waals surface area contributed by atoms with Crippen molar-refractivity contribution in [2.75, 3.05) is 19.8 Å². The van der Waals surface area contributed by atoms with Gasteiger partial charge in [-0.1, -0.05) is 18.2 Å². The smallest absolute Gasteiger partial charge is 0.223 e. The molecule has 1 aliphatic carbocycles. The Kier molecular flexibility index (Phi) is 5.66. The summed E-state index contributed by atoms with van der Waals surface area (Å²) in [4.78, 5) is 27.7. The van der Waals surface area contributed by atoms with Gasteiger partial charge in [0.15, 0.2) is 17.3 Å². The van der Waals surface area contributed by atoms with Crippen molar-refractivity contribution in [3.63, 3.8) is 0 Å². The molecule has 0 saturated carbocycles. The normalized spacial score (nSPS) is 19.7. The zero-order valence-electron chi connectivity index (χ0n) is 17.9. The van der Waals surface area contributed by atoms with E-state index >= 15 is 0 Å². The summed E-state index contributed by atoms with van der Waals surface area (Å²) in [5, 5.41) is 0. The van der Waals surface area contributed by atoms with Crippen LogP contribution in [0.1, 0.15) is 71.6 Å². The first-order valence-electron chi connectivity index (χ1n) is 11.5. The SMILES string of the molecule is O=C(CCC(=O)N1CCC[C@@H]1c1ccc2c(c1)OCCCO2)c1ccc2c(c1)CCC2. The van der Waals surface area contributed by atoms with Gasteiger partial charge in [-0.05, 0) is 67.0 Å². The van der Waals surface area contributed by atoms with Crippen LogP contribution in [0.15, 0.2) is 36.4 Å². The topological polar surface area (TPSA) is 55.8 Å². The number of likely N-dealkylation sites (tertiary alicyclic amines) is 1. The molecular weight excluding hydrogens is 390 g/mol. The van der Waals surface area contributed by atoms with Gasteiger partial charge in [-0.2, -0.15) is 0 Å². The molecule has 162 valence electrons. The monoisotopic (exact) mass is 419 g/mol. The van der Waals surface area contributed by atoms with Gasteiger partial charge in [-0.15, -0.1) is 0 Å². The second kappa shape index (κ2) is 8.74. The van der Waals surface area contributed by atoms with Gasteiger partial charge in [-0.25, -0.2) is 0 Å². The van der Waals surface area contributed by atoms with E-state index < -0.39 is 0 Å². The minimum absolute atomic E-state index is 0.0414. The summed E-state index contributed by atoms with van der Waals surface area (Å²) in [7, 11) is 0. The maximum absolute atomic E-state index is 13.0. The zero-order chi connectivity index (χ0) is 21.2. The molecule has 5 nitrogen and oxygen atoms in total. The summed E-state index contributed by atoms with van der Waals surface area (Å²) in [5.74, 6) is 1.66. The molecule has 5 rings (SSSR count). The summed E-state index contributed by atoms with van der Waals surface area (Å²) < 4.78 is 11.6. The average Bonchev–Trinajstić information content (AvgIpc) is 3.41. The van der Waals surface area contributed by atoms with E-state index in [1.54, 1.807) is 0 Å². The molecule has 2 aromatic rings. The van der Waals surface area contributed by atoms with Crippen molar-refractivity contribution in [2.45, 2.75) is 57.4 Å². The third-order valence-electron chi connectivity index (χ3n) is 6.72. The molecule has 0 unspecified atom stereocenters. The molecule has 31 heavy (non-hydrogen) atoms. The van der Waals surface area contributed by atoms with Crippen LogP contribution < -0.4 is 9.47 Å². The van der Waals surface area contributed by atoms with Crippen LogP contribution in [0.2, 0.25) is 0 Å². The Balaban J connectivity index is 1.24. The number of carbonyl (C=O) groups is 2. The molecule has 0 aromatic heterocycles. The van der Waals surface area contributed by atoms with E-state index in [9.17, 15) is 9.59 Å². The Morgan fingerprint density at radius 3 is 2.61 bits per heavy atom. The van der Waals surface area contributed by atoms with Crippen molar-refractivity contribution in [3.05, 3.63) is 58.7 Å². The number of carbonyl (C=O) groups excluding carboxylic acids is 2. The van der Waals surface area contributed by atoms with Crippen molar-refractivity contribution in [3.8, 4) is 11.5 Å². The Hall–Kier alpha value is -2.82. The number of benzene rings is 2. The predicted octanol–water partition coefficient (Wildman–Crippen LogP) is 4.66. The first-order chi connectivity index (χ1) is 15.2. The fourth-order valence-corrected chi connectivity index (χ4v) is 5.05. The Morgan fingerprint density at radius 1 is 0.871 bits per heavy atom. The lowest BCUT2D eigenvalue weighted by Gasteiger charge is -2.25. The second-order valence-electron chi connectivity index (χ2n) is 8.76. The van der Waals surface area contributed by atoms with Gasteiger partial charge in [0.1, 0.15) is 0 Å². The third kappa shape index (κ3) is 4.18. The van der Waals surface area contributed by atoms with Crippen LogP contribution in [0.25, 0.3) is 0 Å². The zero-order valence-corrected chi connectivity index (χ0v) is 17.9. The fourth-order valence-electron chi connectivity index (χ4n) is 5.05. The van der Waals surface area contributed by atoms with Crippen LogP contribution >= 0.6 is 0 Å². The van der Waals surface area contributed by atoms with Gasteiger partial charge < -0.3 is 14.4 Å². The standard InChI is InChI=1S/C26H29NO4/c28-23(21-8-7-18-4-1-5-19(18)16-21)10-12-26(29)27-13-2-6-22(27)20-9-11-24-25(17-20)31-15-3-14-30-24/h7-9,11,16-17,22H,1-6,10,12-15H2/t22-/m1/s1. The number of nitrogens with zero attached hydrogens (tertiary/aromatic N) is 1. The van der Waals surface area contributed by atoms with Crippen LogP contribution in [-0.4, -0.2) is 36.3 Å². The Bertz CT molecular complexity index is 999. The number of fused-ring (bicyclic) bond motifs is 2. The van der Waals surface area contributed by atoms with E-state index in [0.29, 0.717) is 13.2 Å². The highest BCUT2D eigenvalue weighted by atomic mass is 16.5. The number of aryl methyl sites for hydroxylation is 2. The molecule has 2 heterocycles. The van der Waals surface area contributed by atoms with E-state index in [1.807, 2.05) is 35.2 Å². The quantitative estimate of drug-likeness (QED) is 0.662. The molecule has 0 radical (unpaired) electrons. The molecule has 3 aliphatic rings. The molecule has 5 heteroatoms. The average molecular weight is 420 g/mol. The van der Waals surface area contributed by atoms with Crippen LogP contribution in [-0.2, 0) is 17.6 Å². The first kappa shape index (κ1) is 20.1. The number of ketones is 1. The third-order valence-corrected chi connectivity index (χ3v) is 6.72. The molecule has 0 N–H and O–H groups in total. The van der Waals surface area contributed by atoms with Gasteiger partial charge in [0.2, 0.25) is 5.91 Å². The molecule has 2 aromatic carbocycles. The van der Waals surface area contributed by atoms with Crippen LogP contribution in [0.4, 0.5) is 0 Å². The summed E-state index contributed by atoms with van der Waals surface area (Å²) in [6, 6.07) is 12.1. The summed E-state index contributed by atoms with van der Waals surface area (Å²) >= 11 is 0. The maximum Gasteiger partial charge on any atom is 0.223 e. The highest BCUT2D eigenvalue weighted by molar-refractivity contribution is 5.98. The molecule has 0 spiro atoms. The lowest BCUT2D eigenvalue weighted by molar-refractivity contribution is -0.132. The molecular formula is C26H29NO4. The summed E-state index contributed by atoms with van der Waals surface area (Å²) in [6.07, 6.45) is 6.64. The Morgan fingerprint density at radius 2 is 1.71 bits per heavy atom. The van der Waals surface area contributed by atoms with Gasteiger partial charge in [-0.3, -0.25) is 9.59 Å². The van der Waals surface area contributed by atoms with Crippen molar-refractivity contribution in [1.29, 1.82) is 0 Å². The molecule has 1 amide bonds. The number of amides is 1. The molecule has 2 aliphatic heterocycles. The summed E-state index contributed by atoms with van der Waals surface area (Å²) in [6.45, 7) is 2.05. The molecule has 1 saturated heterocycles. The van der Waals surface area contributed by atoms with E-state index in [2.05, 4.69) is 6.07 Å². The van der Waals surface area contributed by atoms with Crippen LogP contribution in [0.3, 0.4) is 0 Å². The van der Waals surface area contributed by atoms with E-state index in [0.717, 1.165) is 61.3 Å². The minimum atomic E-state index is 0.0414. The van der Waals surface area contributed by atoms with E-state index in [-0.39, 0.29) is 30.6 Å². The van der Waals surface area contributed by atoms with E-state index in [4.69, 9.17) is 9.47 Å². The van der Waals surface area contributed by atoms with Crippen molar-refractivity contribution in [2.24, 2.45) is 0 Å². The second-order valence-corrected chi connectivity index (χ2v) is 8.76. The van der Waals surface area contributed by atoms with E-state index in [1.165, 1.54) is 17.5 Å². The summed E-state index contributed by atoms with van der Waals surface area (Å²) in [5.41, 5.74) is 4.49. The van der Waals surface area contributed by atoms with Crippen molar-refractivity contribution >= 4 is 11.7 Å². The maximum atomic E-state index is 13.0.